The van der Waals surface area contributed by atoms with Gasteiger partial charge in [-0.25, -0.2) is 0 Å². The molecule has 2 aromatic rings. The molecule has 0 saturated heterocycles. The van der Waals surface area contributed by atoms with E-state index >= 15 is 0 Å². The number of carboxylic acid groups (broad SMARTS) is 1. The third kappa shape index (κ3) is 4.20. The number of thioether (sulfide) groups is 1. The number of carbonyl (C=O) groups is 2. The van der Waals surface area contributed by atoms with Gasteiger partial charge in [0.05, 0.1) is 6.42 Å². The molecule has 0 radical (unpaired) electrons. The zero-order valence-electron chi connectivity index (χ0n) is 11.7. The van der Waals surface area contributed by atoms with Crippen molar-refractivity contribution in [3.63, 3.8) is 0 Å². The lowest BCUT2D eigenvalue weighted by atomic mass is 10.0. The van der Waals surface area contributed by atoms with Gasteiger partial charge in [0.15, 0.2) is 5.78 Å². The highest BCUT2D eigenvalue weighted by Gasteiger charge is 2.08. The molecule has 4 heteroatoms. The predicted molar refractivity (Wildman–Crippen MR) is 84.9 cm³/mol. The number of hydrogen-bond donors (Lipinski definition) is 1. The van der Waals surface area contributed by atoms with Crippen molar-refractivity contribution in [1.29, 1.82) is 0 Å². The van der Waals surface area contributed by atoms with Crippen LogP contribution in [0.15, 0.2) is 53.4 Å². The lowest BCUT2D eigenvalue weighted by Gasteiger charge is -2.05. The second-order valence-corrected chi connectivity index (χ2v) is 5.50. The molecule has 0 aliphatic rings. The van der Waals surface area contributed by atoms with Gasteiger partial charge in [-0.05, 0) is 29.5 Å². The van der Waals surface area contributed by atoms with Crippen molar-refractivity contribution in [1.82, 2.24) is 0 Å². The molecule has 0 aliphatic heterocycles. The predicted octanol–water partition coefficient (Wildman–Crippen LogP) is 4.12. The summed E-state index contributed by atoms with van der Waals surface area (Å²) in [6.45, 7) is 0. The van der Waals surface area contributed by atoms with Crippen LogP contribution in [0.25, 0.3) is 11.1 Å². The van der Waals surface area contributed by atoms with Crippen molar-refractivity contribution in [2.75, 3.05) is 6.26 Å². The van der Waals surface area contributed by atoms with Crippen LogP contribution in [0.2, 0.25) is 0 Å². The topological polar surface area (TPSA) is 54.4 Å². The average molecular weight is 300 g/mol. The number of benzene rings is 2. The SMILES string of the molecule is CSc1ccc(-c2ccc(C(=O)CCC(=O)O)cc2)cc1. The summed E-state index contributed by atoms with van der Waals surface area (Å²) in [5.74, 6) is -1.09. The van der Waals surface area contributed by atoms with Crippen molar-refractivity contribution in [2.45, 2.75) is 17.7 Å². The molecular formula is C17H16O3S. The minimum Gasteiger partial charge on any atom is -0.481 e. The number of aliphatic carboxylic acids is 1. The summed E-state index contributed by atoms with van der Waals surface area (Å²) in [6, 6.07) is 15.5. The van der Waals surface area contributed by atoms with Crippen LogP contribution in [0.4, 0.5) is 0 Å². The van der Waals surface area contributed by atoms with E-state index in [1.54, 1.807) is 23.9 Å². The Morgan fingerprint density at radius 3 is 1.90 bits per heavy atom. The van der Waals surface area contributed by atoms with Crippen molar-refractivity contribution in [3.8, 4) is 11.1 Å². The first-order valence-corrected chi connectivity index (χ1v) is 7.82. The van der Waals surface area contributed by atoms with E-state index in [1.807, 2.05) is 30.5 Å². The molecule has 0 unspecified atom stereocenters. The molecule has 0 aliphatic carbocycles. The molecule has 0 spiro atoms. The Morgan fingerprint density at radius 1 is 0.905 bits per heavy atom. The second kappa shape index (κ2) is 7.09. The maximum absolute atomic E-state index is 11.8. The van der Waals surface area contributed by atoms with Gasteiger partial charge < -0.3 is 5.11 Å². The highest BCUT2D eigenvalue weighted by atomic mass is 32.2. The Labute approximate surface area is 128 Å². The first-order chi connectivity index (χ1) is 10.1. The van der Waals surface area contributed by atoms with Crippen molar-refractivity contribution >= 4 is 23.5 Å². The van der Waals surface area contributed by atoms with E-state index in [1.165, 1.54) is 4.90 Å². The van der Waals surface area contributed by atoms with Crippen LogP contribution in [0.5, 0.6) is 0 Å². The van der Waals surface area contributed by atoms with E-state index in [0.717, 1.165) is 11.1 Å². The van der Waals surface area contributed by atoms with Gasteiger partial charge in [0.2, 0.25) is 0 Å². The van der Waals surface area contributed by atoms with Crippen LogP contribution in [0, 0.1) is 0 Å². The van der Waals surface area contributed by atoms with Crippen LogP contribution in [-0.4, -0.2) is 23.1 Å². The van der Waals surface area contributed by atoms with Crippen LogP contribution in [0.3, 0.4) is 0 Å². The van der Waals surface area contributed by atoms with E-state index in [4.69, 9.17) is 5.11 Å². The maximum atomic E-state index is 11.8. The smallest absolute Gasteiger partial charge is 0.303 e. The largest absolute Gasteiger partial charge is 0.481 e. The van der Waals surface area contributed by atoms with Gasteiger partial charge in [0.25, 0.3) is 0 Å². The summed E-state index contributed by atoms with van der Waals surface area (Å²) in [6.07, 6.45) is 1.94. The van der Waals surface area contributed by atoms with Gasteiger partial charge in [0.1, 0.15) is 0 Å². The minimum absolute atomic E-state index is 0.0388. The molecule has 1 N–H and O–H groups in total. The Kier molecular flexibility index (Phi) is 5.17. The van der Waals surface area contributed by atoms with Crippen molar-refractivity contribution in [3.05, 3.63) is 54.1 Å². The van der Waals surface area contributed by atoms with E-state index in [0.29, 0.717) is 5.56 Å². The Hall–Kier alpha value is -2.07. The summed E-state index contributed by atoms with van der Waals surface area (Å²) < 4.78 is 0. The van der Waals surface area contributed by atoms with E-state index in [-0.39, 0.29) is 18.6 Å². The molecule has 2 rings (SSSR count). The lowest BCUT2D eigenvalue weighted by molar-refractivity contribution is -0.136. The molecule has 2 aromatic carbocycles. The fraction of sp³-hybridized carbons (Fsp3) is 0.176. The molecule has 0 fully saturated rings. The fourth-order valence-electron chi connectivity index (χ4n) is 2.00. The zero-order valence-corrected chi connectivity index (χ0v) is 12.5. The minimum atomic E-state index is -0.950. The highest BCUT2D eigenvalue weighted by molar-refractivity contribution is 7.98. The standard InChI is InChI=1S/C17H16O3S/c1-21-15-8-6-13(7-9-15)12-2-4-14(5-3-12)16(18)10-11-17(19)20/h2-9H,10-11H2,1H3,(H,19,20). The van der Waals surface area contributed by atoms with Gasteiger partial charge in [-0.1, -0.05) is 36.4 Å². The summed E-state index contributed by atoms with van der Waals surface area (Å²) in [5.41, 5.74) is 2.69. The number of hydrogen-bond acceptors (Lipinski definition) is 3. The van der Waals surface area contributed by atoms with Gasteiger partial charge in [-0.2, -0.15) is 0 Å². The van der Waals surface area contributed by atoms with E-state index < -0.39 is 5.97 Å². The quantitative estimate of drug-likeness (QED) is 0.644. The third-order valence-electron chi connectivity index (χ3n) is 3.20. The van der Waals surface area contributed by atoms with Crippen LogP contribution in [-0.2, 0) is 4.79 Å². The Morgan fingerprint density at radius 2 is 1.43 bits per heavy atom. The lowest BCUT2D eigenvalue weighted by Crippen LogP contribution is -2.03. The van der Waals surface area contributed by atoms with Crippen molar-refractivity contribution in [2.24, 2.45) is 0 Å². The summed E-state index contributed by atoms with van der Waals surface area (Å²) in [5, 5.41) is 8.59. The fourth-order valence-corrected chi connectivity index (χ4v) is 2.41. The van der Waals surface area contributed by atoms with Gasteiger partial charge in [-0.3, -0.25) is 9.59 Å². The van der Waals surface area contributed by atoms with E-state index in [9.17, 15) is 9.59 Å². The number of Topliss-reactive ketones (excluding diaryl/α,β-unsaturated/α-hetero) is 1. The number of carboxylic acids is 1. The van der Waals surface area contributed by atoms with Gasteiger partial charge in [-0.15, -0.1) is 11.8 Å². The Balaban J connectivity index is 2.10. The summed E-state index contributed by atoms with van der Waals surface area (Å²) in [4.78, 5) is 23.5. The van der Waals surface area contributed by atoms with Crippen molar-refractivity contribution < 1.29 is 14.7 Å². The molecule has 108 valence electrons. The molecule has 0 heterocycles. The number of rotatable bonds is 6. The maximum Gasteiger partial charge on any atom is 0.303 e. The molecule has 0 bridgehead atoms. The molecule has 0 amide bonds. The molecule has 21 heavy (non-hydrogen) atoms. The van der Waals surface area contributed by atoms with Gasteiger partial charge >= 0.3 is 5.97 Å². The molecule has 0 aromatic heterocycles. The number of carbonyl (C=O) groups excluding carboxylic acids is 1. The van der Waals surface area contributed by atoms with E-state index in [2.05, 4.69) is 12.1 Å². The molecule has 0 atom stereocenters. The molecular weight excluding hydrogens is 284 g/mol. The zero-order chi connectivity index (χ0) is 15.2. The Bertz CT molecular complexity index is 630. The second-order valence-electron chi connectivity index (χ2n) is 4.62. The summed E-state index contributed by atoms with van der Waals surface area (Å²) in [7, 11) is 0. The van der Waals surface area contributed by atoms with Crippen LogP contribution < -0.4 is 0 Å². The first kappa shape index (κ1) is 15.3. The molecule has 0 saturated carbocycles. The monoisotopic (exact) mass is 300 g/mol. The average Bonchev–Trinajstić information content (AvgIpc) is 2.53. The molecule has 3 nitrogen and oxygen atoms in total. The highest BCUT2D eigenvalue weighted by Crippen LogP contribution is 2.23. The normalized spacial score (nSPS) is 10.3. The van der Waals surface area contributed by atoms with Crippen LogP contribution in [0.1, 0.15) is 23.2 Å². The van der Waals surface area contributed by atoms with Gasteiger partial charge in [0, 0.05) is 16.9 Å². The van der Waals surface area contributed by atoms with Crippen LogP contribution >= 0.6 is 11.8 Å². The number of ketones is 1. The first-order valence-electron chi connectivity index (χ1n) is 6.59. The third-order valence-corrected chi connectivity index (χ3v) is 3.94. The summed E-state index contributed by atoms with van der Waals surface area (Å²) >= 11 is 1.69.